The number of hydrogen-bond acceptors (Lipinski definition) is 5. The number of nitriles is 1. The molecule has 0 radical (unpaired) electrons. The second-order valence-corrected chi connectivity index (χ2v) is 12.0. The van der Waals surface area contributed by atoms with Crippen LogP contribution < -0.4 is 0 Å². The van der Waals surface area contributed by atoms with Crippen molar-refractivity contribution >= 4 is 12.0 Å². The number of amides is 2. The van der Waals surface area contributed by atoms with E-state index in [0.717, 1.165) is 46.7 Å². The normalized spacial score (nSPS) is 16.4. The number of nitrogens with zero attached hydrogens (tertiary/aromatic N) is 4. The molecule has 3 heterocycles. The fourth-order valence-electron chi connectivity index (χ4n) is 5.49. The van der Waals surface area contributed by atoms with Gasteiger partial charge in [-0.1, -0.05) is 18.2 Å². The van der Waals surface area contributed by atoms with Crippen LogP contribution in [0.4, 0.5) is 4.79 Å². The van der Waals surface area contributed by atoms with Crippen LogP contribution in [0.2, 0.25) is 0 Å². The Morgan fingerprint density at radius 1 is 1.00 bits per heavy atom. The van der Waals surface area contributed by atoms with Gasteiger partial charge in [0.15, 0.2) is 0 Å². The maximum Gasteiger partial charge on any atom is 0.410 e. The average Bonchev–Trinajstić information content (AvgIpc) is 3.28. The van der Waals surface area contributed by atoms with Crippen LogP contribution in [-0.2, 0) is 4.74 Å². The summed E-state index contributed by atoms with van der Waals surface area (Å²) in [7, 11) is 0. The molecule has 2 amide bonds. The number of aromatic nitrogens is 2. The first-order valence-corrected chi connectivity index (χ1v) is 14.0. The summed E-state index contributed by atoms with van der Waals surface area (Å²) in [5, 5.41) is 9.02. The van der Waals surface area contributed by atoms with Crippen molar-refractivity contribution in [2.24, 2.45) is 0 Å². The van der Waals surface area contributed by atoms with Crippen molar-refractivity contribution in [2.75, 3.05) is 26.2 Å². The van der Waals surface area contributed by atoms with Gasteiger partial charge < -0.3 is 19.5 Å². The third-order valence-corrected chi connectivity index (χ3v) is 7.87. The second kappa shape index (κ2) is 10.8. The first-order valence-electron chi connectivity index (χ1n) is 14.0. The zero-order valence-electron chi connectivity index (χ0n) is 24.0. The van der Waals surface area contributed by atoms with E-state index in [1.165, 1.54) is 0 Å². The van der Waals surface area contributed by atoms with Crippen LogP contribution >= 0.6 is 0 Å². The van der Waals surface area contributed by atoms with Crippen LogP contribution in [0, 0.1) is 25.2 Å². The highest BCUT2D eigenvalue weighted by molar-refractivity contribution is 5.96. The lowest BCUT2D eigenvalue weighted by Gasteiger charge is -2.39. The Morgan fingerprint density at radius 2 is 1.68 bits per heavy atom. The molecular weight excluding hydrogens is 502 g/mol. The molecule has 40 heavy (non-hydrogen) atoms. The number of carbonyl (C=O) groups is 2. The van der Waals surface area contributed by atoms with Crippen molar-refractivity contribution in [3.8, 4) is 17.3 Å². The first kappa shape index (κ1) is 27.4. The van der Waals surface area contributed by atoms with Gasteiger partial charge in [-0.05, 0) is 82.9 Å². The second-order valence-electron chi connectivity index (χ2n) is 12.0. The third kappa shape index (κ3) is 5.74. The van der Waals surface area contributed by atoms with E-state index >= 15 is 0 Å². The number of nitrogens with one attached hydrogen (secondary N) is 1. The topological polar surface area (TPSA) is 102 Å². The lowest BCUT2D eigenvalue weighted by atomic mass is 9.90. The molecule has 0 atom stereocenters. The molecule has 3 aromatic rings. The van der Waals surface area contributed by atoms with Gasteiger partial charge in [-0.2, -0.15) is 5.26 Å². The molecule has 8 heteroatoms. The molecule has 2 fully saturated rings. The van der Waals surface area contributed by atoms with Gasteiger partial charge in [0.2, 0.25) is 0 Å². The Balaban J connectivity index is 1.25. The summed E-state index contributed by atoms with van der Waals surface area (Å²) in [4.78, 5) is 37.9. The SMILES string of the molecule is Cc1ccc(C(=O)N2CC(c3ccc(C#N)cc3)C2)cc1-c1[nH]c(C2CCN(C(=O)OC(C)(C)C)CC2)nc1C. The standard InChI is InChI=1S/C32H37N5O3/c1-20-6-9-25(30(38)37-18-26(19-37)23-10-7-22(17-33)8-11-23)16-27(20)28-21(2)34-29(35-28)24-12-14-36(15-13-24)31(39)40-32(3,4)5/h6-11,16,24,26H,12-15,18-19H2,1-5H3,(H,34,35). The highest BCUT2D eigenvalue weighted by atomic mass is 16.6. The molecule has 2 aliphatic heterocycles. The smallest absolute Gasteiger partial charge is 0.410 e. The largest absolute Gasteiger partial charge is 0.444 e. The van der Waals surface area contributed by atoms with Gasteiger partial charge in [-0.3, -0.25) is 4.79 Å². The summed E-state index contributed by atoms with van der Waals surface area (Å²) < 4.78 is 5.53. The fraction of sp³-hybridized carbons (Fsp3) is 0.438. The van der Waals surface area contributed by atoms with E-state index in [4.69, 9.17) is 15.0 Å². The summed E-state index contributed by atoms with van der Waals surface area (Å²) in [5.74, 6) is 1.48. The van der Waals surface area contributed by atoms with Crippen LogP contribution in [0.5, 0.6) is 0 Å². The molecule has 1 aromatic heterocycles. The number of aromatic amines is 1. The first-order chi connectivity index (χ1) is 19.0. The molecule has 0 aliphatic carbocycles. The highest BCUT2D eigenvalue weighted by Crippen LogP contribution is 2.33. The monoisotopic (exact) mass is 539 g/mol. The van der Waals surface area contributed by atoms with Gasteiger partial charge in [0, 0.05) is 49.1 Å². The molecule has 208 valence electrons. The molecule has 0 saturated carbocycles. The van der Waals surface area contributed by atoms with Crippen LogP contribution in [0.15, 0.2) is 42.5 Å². The number of ether oxygens (including phenoxy) is 1. The Labute approximate surface area is 236 Å². The van der Waals surface area contributed by atoms with E-state index in [1.807, 2.05) is 82.0 Å². The van der Waals surface area contributed by atoms with Crippen LogP contribution in [0.1, 0.15) is 84.0 Å². The molecular formula is C32H37N5O3. The Bertz CT molecular complexity index is 1450. The predicted octanol–water partition coefficient (Wildman–Crippen LogP) is 5.92. The maximum absolute atomic E-state index is 13.3. The molecule has 1 N–H and O–H groups in total. The van der Waals surface area contributed by atoms with Crippen molar-refractivity contribution in [2.45, 2.75) is 64.9 Å². The molecule has 0 spiro atoms. The molecule has 2 saturated heterocycles. The van der Waals surface area contributed by atoms with E-state index in [2.05, 4.69) is 11.1 Å². The van der Waals surface area contributed by atoms with E-state index in [0.29, 0.717) is 43.2 Å². The van der Waals surface area contributed by atoms with E-state index in [-0.39, 0.29) is 17.9 Å². The summed E-state index contributed by atoms with van der Waals surface area (Å²) in [6.07, 6.45) is 1.38. The van der Waals surface area contributed by atoms with Gasteiger partial charge in [0.05, 0.1) is 23.0 Å². The van der Waals surface area contributed by atoms with Crippen LogP contribution in [0.25, 0.3) is 11.3 Å². The van der Waals surface area contributed by atoms with Crippen molar-refractivity contribution < 1.29 is 14.3 Å². The van der Waals surface area contributed by atoms with Gasteiger partial charge in [0.25, 0.3) is 5.91 Å². The zero-order valence-corrected chi connectivity index (χ0v) is 24.0. The molecule has 0 bridgehead atoms. The van der Waals surface area contributed by atoms with E-state index in [9.17, 15) is 9.59 Å². The number of likely N-dealkylation sites (tertiary alicyclic amines) is 2. The maximum atomic E-state index is 13.3. The Kier molecular flexibility index (Phi) is 7.41. The summed E-state index contributed by atoms with van der Waals surface area (Å²) in [6.45, 7) is 12.3. The molecule has 2 aromatic carbocycles. The van der Waals surface area contributed by atoms with E-state index in [1.54, 1.807) is 4.90 Å². The predicted molar refractivity (Wildman–Crippen MR) is 153 cm³/mol. The Hall–Kier alpha value is -4.12. The summed E-state index contributed by atoms with van der Waals surface area (Å²) in [5.41, 5.74) is 5.87. The van der Waals surface area contributed by atoms with Crippen molar-refractivity contribution in [3.63, 3.8) is 0 Å². The number of aryl methyl sites for hydroxylation is 2. The van der Waals surface area contributed by atoms with E-state index < -0.39 is 5.60 Å². The van der Waals surface area contributed by atoms with Crippen LogP contribution in [-0.4, -0.2) is 63.5 Å². The highest BCUT2D eigenvalue weighted by Gasteiger charge is 2.33. The van der Waals surface area contributed by atoms with Crippen molar-refractivity contribution in [3.05, 3.63) is 76.2 Å². The fourth-order valence-corrected chi connectivity index (χ4v) is 5.49. The minimum Gasteiger partial charge on any atom is -0.444 e. The molecule has 5 rings (SSSR count). The van der Waals surface area contributed by atoms with Gasteiger partial charge in [0.1, 0.15) is 11.4 Å². The number of imidazole rings is 1. The van der Waals surface area contributed by atoms with Gasteiger partial charge in [-0.15, -0.1) is 0 Å². The van der Waals surface area contributed by atoms with Crippen molar-refractivity contribution in [1.29, 1.82) is 5.26 Å². The van der Waals surface area contributed by atoms with Crippen molar-refractivity contribution in [1.82, 2.24) is 19.8 Å². The minimum atomic E-state index is -0.503. The number of hydrogen-bond donors (Lipinski definition) is 1. The number of carbonyl (C=O) groups excluding carboxylic acids is 2. The van der Waals surface area contributed by atoms with Gasteiger partial charge in [-0.25, -0.2) is 9.78 Å². The molecule has 8 nitrogen and oxygen atoms in total. The van der Waals surface area contributed by atoms with Crippen LogP contribution in [0.3, 0.4) is 0 Å². The average molecular weight is 540 g/mol. The third-order valence-electron chi connectivity index (χ3n) is 7.87. The molecule has 2 aliphatic rings. The van der Waals surface area contributed by atoms with Gasteiger partial charge >= 0.3 is 6.09 Å². The molecule has 0 unspecified atom stereocenters. The number of benzene rings is 2. The zero-order chi connectivity index (χ0) is 28.6. The lowest BCUT2D eigenvalue weighted by Crippen LogP contribution is -2.48. The summed E-state index contributed by atoms with van der Waals surface area (Å²) in [6, 6.07) is 15.6. The number of rotatable bonds is 4. The summed E-state index contributed by atoms with van der Waals surface area (Å²) >= 11 is 0. The minimum absolute atomic E-state index is 0.0260. The number of H-pyrrole nitrogens is 1. The Morgan fingerprint density at radius 3 is 2.30 bits per heavy atom. The number of piperidine rings is 1. The quantitative estimate of drug-likeness (QED) is 0.443. The lowest BCUT2D eigenvalue weighted by molar-refractivity contribution is 0.0203.